The molecule has 2 aliphatic rings. The highest BCUT2D eigenvalue weighted by atomic mass is 16.5. The van der Waals surface area contributed by atoms with Crippen LogP contribution in [0.2, 0.25) is 0 Å². The second-order valence-corrected chi connectivity index (χ2v) is 7.10. The van der Waals surface area contributed by atoms with Crippen molar-refractivity contribution in [1.82, 2.24) is 19.7 Å². The normalized spacial score (nSPS) is 21.0. The van der Waals surface area contributed by atoms with E-state index in [1.165, 1.54) is 29.7 Å². The van der Waals surface area contributed by atoms with Gasteiger partial charge in [0.05, 0.1) is 12.3 Å². The van der Waals surface area contributed by atoms with E-state index >= 15 is 0 Å². The smallest absolute Gasteiger partial charge is 0.0736 e. The Morgan fingerprint density at radius 3 is 2.79 bits per heavy atom. The van der Waals surface area contributed by atoms with Gasteiger partial charge in [0.15, 0.2) is 0 Å². The average Bonchev–Trinajstić information content (AvgIpc) is 3.32. The lowest BCUT2D eigenvalue weighted by Crippen LogP contribution is -2.35. The molecule has 1 atom stereocenters. The van der Waals surface area contributed by atoms with E-state index in [1.54, 1.807) is 0 Å². The first-order valence-electron chi connectivity index (χ1n) is 9.07. The summed E-state index contributed by atoms with van der Waals surface area (Å²) < 4.78 is 8.07. The van der Waals surface area contributed by atoms with Gasteiger partial charge in [-0.2, -0.15) is 5.10 Å². The zero-order valence-corrected chi connectivity index (χ0v) is 14.4. The Morgan fingerprint density at radius 2 is 2.04 bits per heavy atom. The Balaban J connectivity index is 1.47. The Kier molecular flexibility index (Phi) is 4.63. The van der Waals surface area contributed by atoms with Crippen LogP contribution in [0.15, 0.2) is 30.7 Å². The van der Waals surface area contributed by atoms with Crippen molar-refractivity contribution in [3.63, 3.8) is 0 Å². The molecule has 1 unspecified atom stereocenters. The molecule has 24 heavy (non-hydrogen) atoms. The topological polar surface area (TPSA) is 43.2 Å². The summed E-state index contributed by atoms with van der Waals surface area (Å²) in [5.41, 5.74) is 3.92. The minimum absolute atomic E-state index is 0.377. The molecule has 0 saturated heterocycles. The lowest BCUT2D eigenvalue weighted by molar-refractivity contribution is 0.0881. The van der Waals surface area contributed by atoms with E-state index in [9.17, 15) is 0 Å². The molecule has 5 nitrogen and oxygen atoms in total. The summed E-state index contributed by atoms with van der Waals surface area (Å²) in [5, 5.41) is 4.81. The first kappa shape index (κ1) is 15.8. The molecule has 0 bridgehead atoms. The molecule has 1 aliphatic carbocycles. The second kappa shape index (κ2) is 7.03. The number of hydrogen-bond donors (Lipinski definition) is 0. The molecule has 0 radical (unpaired) electrons. The van der Waals surface area contributed by atoms with Crippen LogP contribution in [0, 0.1) is 5.92 Å². The number of hydrogen-bond acceptors (Lipinski definition) is 4. The van der Waals surface area contributed by atoms with Gasteiger partial charge < -0.3 is 4.74 Å². The van der Waals surface area contributed by atoms with Gasteiger partial charge in [-0.15, -0.1) is 0 Å². The summed E-state index contributed by atoms with van der Waals surface area (Å²) in [5.74, 6) is 1.19. The fraction of sp³-hybridized carbons (Fsp3) is 0.579. The van der Waals surface area contributed by atoms with E-state index in [0.717, 1.165) is 45.3 Å². The van der Waals surface area contributed by atoms with Crippen molar-refractivity contribution in [3.05, 3.63) is 47.5 Å². The highest BCUT2D eigenvalue weighted by molar-refractivity contribution is 5.25. The van der Waals surface area contributed by atoms with E-state index < -0.39 is 0 Å². The Morgan fingerprint density at radius 1 is 1.21 bits per heavy atom. The highest BCUT2D eigenvalue weighted by Gasteiger charge is 2.29. The van der Waals surface area contributed by atoms with Crippen LogP contribution < -0.4 is 0 Å². The van der Waals surface area contributed by atoms with Gasteiger partial charge in [-0.3, -0.25) is 14.6 Å². The maximum atomic E-state index is 6.01. The standard InChI is InChI=1S/C19H26N4O/c1-2-23-12-17-10-22(9-15-5-7-20-8-6-15)11-18(19(17)21-23)14-24-13-16-3-4-16/h5-8,12,16,18H,2-4,9-11,13-14H2,1H3. The first-order valence-corrected chi connectivity index (χ1v) is 9.07. The predicted molar refractivity (Wildman–Crippen MR) is 92.5 cm³/mol. The molecule has 1 saturated carbocycles. The molecule has 2 aromatic heterocycles. The third-order valence-electron chi connectivity index (χ3n) is 4.98. The molecule has 1 aliphatic heterocycles. The van der Waals surface area contributed by atoms with Crippen LogP contribution in [-0.4, -0.2) is 39.4 Å². The fourth-order valence-electron chi connectivity index (χ4n) is 3.47. The molecule has 128 valence electrons. The number of ether oxygens (including phenoxy) is 1. The number of rotatable bonds is 7. The summed E-state index contributed by atoms with van der Waals surface area (Å²) in [6.45, 7) is 7.72. The first-order chi connectivity index (χ1) is 11.8. The van der Waals surface area contributed by atoms with Gasteiger partial charge in [0.2, 0.25) is 0 Å². The number of pyridine rings is 1. The fourth-order valence-corrected chi connectivity index (χ4v) is 3.47. The van der Waals surface area contributed by atoms with Crippen LogP contribution in [0.4, 0.5) is 0 Å². The molecule has 3 heterocycles. The maximum absolute atomic E-state index is 6.01. The zero-order chi connectivity index (χ0) is 16.4. The Bertz CT molecular complexity index is 665. The Labute approximate surface area is 143 Å². The largest absolute Gasteiger partial charge is 0.380 e. The van der Waals surface area contributed by atoms with Gasteiger partial charge in [-0.25, -0.2) is 0 Å². The van der Waals surface area contributed by atoms with Crippen molar-refractivity contribution in [1.29, 1.82) is 0 Å². The second-order valence-electron chi connectivity index (χ2n) is 7.10. The van der Waals surface area contributed by atoms with E-state index in [0.29, 0.717) is 5.92 Å². The van der Waals surface area contributed by atoms with E-state index in [-0.39, 0.29) is 0 Å². The number of aryl methyl sites for hydroxylation is 1. The molecular formula is C19H26N4O. The van der Waals surface area contributed by atoms with Crippen molar-refractivity contribution in [2.75, 3.05) is 19.8 Å². The lowest BCUT2D eigenvalue weighted by Gasteiger charge is -2.31. The summed E-state index contributed by atoms with van der Waals surface area (Å²) in [6, 6.07) is 4.20. The van der Waals surface area contributed by atoms with Crippen molar-refractivity contribution in [2.45, 2.75) is 45.3 Å². The van der Waals surface area contributed by atoms with Crippen molar-refractivity contribution in [2.24, 2.45) is 5.92 Å². The van der Waals surface area contributed by atoms with Crippen LogP contribution in [0.25, 0.3) is 0 Å². The third kappa shape index (κ3) is 3.68. The monoisotopic (exact) mass is 326 g/mol. The molecule has 0 aromatic carbocycles. The summed E-state index contributed by atoms with van der Waals surface area (Å²) >= 11 is 0. The molecule has 0 amide bonds. The molecule has 1 fully saturated rings. The number of aromatic nitrogens is 3. The minimum atomic E-state index is 0.377. The van der Waals surface area contributed by atoms with Gasteiger partial charge >= 0.3 is 0 Å². The molecule has 4 rings (SSSR count). The van der Waals surface area contributed by atoms with Gasteiger partial charge in [0.1, 0.15) is 0 Å². The number of nitrogens with zero attached hydrogens (tertiary/aromatic N) is 4. The molecule has 5 heteroatoms. The minimum Gasteiger partial charge on any atom is -0.380 e. The van der Waals surface area contributed by atoms with Crippen molar-refractivity contribution in [3.8, 4) is 0 Å². The van der Waals surface area contributed by atoms with Gasteiger partial charge in [-0.1, -0.05) is 0 Å². The summed E-state index contributed by atoms with van der Waals surface area (Å²) in [7, 11) is 0. The van der Waals surface area contributed by atoms with Crippen LogP contribution in [0.3, 0.4) is 0 Å². The van der Waals surface area contributed by atoms with Gasteiger partial charge in [0.25, 0.3) is 0 Å². The van der Waals surface area contributed by atoms with Crippen LogP contribution in [0.1, 0.15) is 42.5 Å². The molecule has 2 aromatic rings. The molecular weight excluding hydrogens is 300 g/mol. The quantitative estimate of drug-likeness (QED) is 0.785. The van der Waals surface area contributed by atoms with Crippen LogP contribution >= 0.6 is 0 Å². The van der Waals surface area contributed by atoms with Gasteiger partial charge in [-0.05, 0) is 43.4 Å². The third-order valence-corrected chi connectivity index (χ3v) is 4.98. The molecule has 0 N–H and O–H groups in total. The van der Waals surface area contributed by atoms with E-state index in [2.05, 4.69) is 39.8 Å². The lowest BCUT2D eigenvalue weighted by atomic mass is 9.97. The van der Waals surface area contributed by atoms with E-state index in [4.69, 9.17) is 9.84 Å². The predicted octanol–water partition coefficient (Wildman–Crippen LogP) is 2.82. The average molecular weight is 326 g/mol. The van der Waals surface area contributed by atoms with Crippen molar-refractivity contribution >= 4 is 0 Å². The number of fused-ring (bicyclic) bond motifs is 1. The van der Waals surface area contributed by atoms with Crippen molar-refractivity contribution < 1.29 is 4.74 Å². The van der Waals surface area contributed by atoms with E-state index in [1.807, 2.05) is 12.4 Å². The summed E-state index contributed by atoms with van der Waals surface area (Å²) in [4.78, 5) is 6.62. The van der Waals surface area contributed by atoms with Crippen LogP contribution in [0.5, 0.6) is 0 Å². The highest BCUT2D eigenvalue weighted by Crippen LogP contribution is 2.31. The zero-order valence-electron chi connectivity index (χ0n) is 14.4. The SMILES string of the molecule is CCn1cc2c(n1)C(COCC1CC1)CN(Cc1ccncc1)C2. The van der Waals surface area contributed by atoms with Gasteiger partial charge in [0, 0.05) is 62.9 Å². The maximum Gasteiger partial charge on any atom is 0.0736 e. The Hall–Kier alpha value is -1.72. The summed E-state index contributed by atoms with van der Waals surface area (Å²) in [6.07, 6.45) is 8.64. The van der Waals surface area contributed by atoms with Crippen LogP contribution in [-0.2, 0) is 24.4 Å². The molecule has 0 spiro atoms.